The molecule has 1 fully saturated rings. The van der Waals surface area contributed by atoms with Crippen molar-refractivity contribution in [2.24, 2.45) is 0 Å². The molecule has 2 aromatic heterocycles. The molecular weight excluding hydrogens is 380 g/mol. The number of methoxy groups -OCH3 is 1. The van der Waals surface area contributed by atoms with E-state index in [-0.39, 0.29) is 0 Å². The highest BCUT2D eigenvalue weighted by Crippen LogP contribution is 2.38. The van der Waals surface area contributed by atoms with Gasteiger partial charge in [-0.3, -0.25) is 4.90 Å². The Balaban J connectivity index is 1.55. The summed E-state index contributed by atoms with van der Waals surface area (Å²) in [6, 6.07) is 6.38. The molecule has 6 heteroatoms. The largest absolute Gasteiger partial charge is 0.496 e. The lowest BCUT2D eigenvalue weighted by atomic mass is 9.98. The quantitative estimate of drug-likeness (QED) is 0.637. The predicted molar refractivity (Wildman–Crippen MR) is 119 cm³/mol. The van der Waals surface area contributed by atoms with Crippen molar-refractivity contribution in [1.82, 2.24) is 14.9 Å². The van der Waals surface area contributed by atoms with Crippen molar-refractivity contribution >= 4 is 27.4 Å². The number of rotatable bonds is 4. The van der Waals surface area contributed by atoms with E-state index in [4.69, 9.17) is 14.7 Å². The van der Waals surface area contributed by atoms with Gasteiger partial charge in [-0.25, -0.2) is 9.97 Å². The number of aryl methyl sites for hydroxylation is 2. The monoisotopic (exact) mass is 408 g/mol. The molecule has 5 nitrogen and oxygen atoms in total. The first-order chi connectivity index (χ1) is 14.1. The van der Waals surface area contributed by atoms with Gasteiger partial charge in [0, 0.05) is 23.5 Å². The summed E-state index contributed by atoms with van der Waals surface area (Å²) in [6.07, 6.45) is 3.56. The molecule has 0 atom stereocenters. The zero-order valence-corrected chi connectivity index (χ0v) is 18.3. The van der Waals surface area contributed by atoms with Crippen LogP contribution in [0.1, 0.15) is 40.2 Å². The van der Waals surface area contributed by atoms with E-state index in [0.29, 0.717) is 0 Å². The molecule has 5 rings (SSSR count). The summed E-state index contributed by atoms with van der Waals surface area (Å²) in [6.45, 7) is 9.42. The van der Waals surface area contributed by atoms with E-state index in [2.05, 4.69) is 41.8 Å². The fraction of sp³-hybridized carbons (Fsp3) is 0.478. The number of nitrogens with zero attached hydrogens (tertiary/aromatic N) is 4. The van der Waals surface area contributed by atoms with Crippen LogP contribution in [-0.4, -0.2) is 41.6 Å². The molecular formula is C23H28N4OS. The van der Waals surface area contributed by atoms with E-state index in [1.807, 2.05) is 0 Å². The lowest BCUT2D eigenvalue weighted by Gasteiger charge is -2.31. The average molecular weight is 409 g/mol. The summed E-state index contributed by atoms with van der Waals surface area (Å²) in [5.74, 6) is 3.08. The summed E-state index contributed by atoms with van der Waals surface area (Å²) < 4.78 is 5.59. The summed E-state index contributed by atoms with van der Waals surface area (Å²) in [7, 11) is 1.76. The van der Waals surface area contributed by atoms with Crippen LogP contribution in [0.5, 0.6) is 5.75 Å². The van der Waals surface area contributed by atoms with Crippen molar-refractivity contribution in [3.63, 3.8) is 0 Å². The van der Waals surface area contributed by atoms with Crippen LogP contribution >= 0.6 is 11.3 Å². The van der Waals surface area contributed by atoms with Crippen molar-refractivity contribution in [3.05, 3.63) is 45.6 Å². The van der Waals surface area contributed by atoms with Crippen LogP contribution in [0, 0.1) is 13.8 Å². The summed E-state index contributed by atoms with van der Waals surface area (Å²) >= 11 is 1.80. The van der Waals surface area contributed by atoms with E-state index in [1.54, 1.807) is 18.4 Å². The van der Waals surface area contributed by atoms with E-state index >= 15 is 0 Å². The highest BCUT2D eigenvalue weighted by atomic mass is 32.1. The third-order valence-electron chi connectivity index (χ3n) is 6.36. The normalized spacial score (nSPS) is 17.1. The third-order valence-corrected chi connectivity index (χ3v) is 7.46. The van der Waals surface area contributed by atoms with Crippen LogP contribution in [0.25, 0.3) is 10.2 Å². The SMILES string of the molecule is COc1cccc2c1CCN(c1nc(CN3CCCC3)nc3sc(C)c(C)c13)C2. The Morgan fingerprint density at radius 3 is 2.72 bits per heavy atom. The second-order valence-corrected chi connectivity index (χ2v) is 9.38. The molecule has 152 valence electrons. The van der Waals surface area contributed by atoms with E-state index < -0.39 is 0 Å². The second-order valence-electron chi connectivity index (χ2n) is 8.18. The van der Waals surface area contributed by atoms with E-state index in [0.717, 1.165) is 61.4 Å². The second kappa shape index (κ2) is 7.58. The number of ether oxygens (including phenoxy) is 1. The Kier molecular flexibility index (Phi) is 4.92. The molecule has 4 heterocycles. The molecule has 0 aliphatic carbocycles. The first-order valence-corrected chi connectivity index (χ1v) is 11.3. The Labute approximate surface area is 176 Å². The Morgan fingerprint density at radius 2 is 1.93 bits per heavy atom. The minimum Gasteiger partial charge on any atom is -0.496 e. The first kappa shape index (κ1) is 18.8. The van der Waals surface area contributed by atoms with Gasteiger partial charge in [0.05, 0.1) is 19.0 Å². The highest BCUT2D eigenvalue weighted by molar-refractivity contribution is 7.18. The molecule has 0 unspecified atom stereocenters. The predicted octanol–water partition coefficient (Wildman–Crippen LogP) is 4.48. The Hall–Kier alpha value is -2.18. The molecule has 3 aromatic rings. The minimum atomic E-state index is 0.858. The maximum Gasteiger partial charge on any atom is 0.146 e. The maximum atomic E-state index is 5.59. The van der Waals surface area contributed by atoms with Gasteiger partial charge in [0.1, 0.15) is 22.2 Å². The van der Waals surface area contributed by atoms with Gasteiger partial charge in [0.25, 0.3) is 0 Å². The lowest BCUT2D eigenvalue weighted by molar-refractivity contribution is 0.323. The highest BCUT2D eigenvalue weighted by Gasteiger charge is 2.25. The van der Waals surface area contributed by atoms with Gasteiger partial charge in [-0.2, -0.15) is 0 Å². The fourth-order valence-electron chi connectivity index (χ4n) is 4.66. The number of benzene rings is 1. The number of thiophene rings is 1. The maximum absolute atomic E-state index is 5.59. The number of hydrogen-bond donors (Lipinski definition) is 0. The van der Waals surface area contributed by atoms with Gasteiger partial charge in [-0.1, -0.05) is 12.1 Å². The molecule has 2 aliphatic heterocycles. The van der Waals surface area contributed by atoms with Gasteiger partial charge in [0.2, 0.25) is 0 Å². The molecule has 0 spiro atoms. The fourth-order valence-corrected chi connectivity index (χ4v) is 5.70. The van der Waals surface area contributed by atoms with Crippen molar-refractivity contribution in [2.45, 2.75) is 46.2 Å². The smallest absolute Gasteiger partial charge is 0.146 e. The molecule has 2 aliphatic rings. The molecule has 0 amide bonds. The van der Waals surface area contributed by atoms with E-state index in [9.17, 15) is 0 Å². The van der Waals surface area contributed by atoms with Gasteiger partial charge in [0.15, 0.2) is 0 Å². The van der Waals surface area contributed by atoms with Crippen LogP contribution in [-0.2, 0) is 19.5 Å². The van der Waals surface area contributed by atoms with Crippen molar-refractivity contribution < 1.29 is 4.74 Å². The molecule has 0 saturated carbocycles. The van der Waals surface area contributed by atoms with Crippen molar-refractivity contribution in [3.8, 4) is 5.75 Å². The minimum absolute atomic E-state index is 0.858. The number of aromatic nitrogens is 2. The zero-order valence-electron chi connectivity index (χ0n) is 17.5. The number of likely N-dealkylation sites (tertiary alicyclic amines) is 1. The average Bonchev–Trinajstić information content (AvgIpc) is 3.34. The van der Waals surface area contributed by atoms with E-state index in [1.165, 1.54) is 39.8 Å². The van der Waals surface area contributed by atoms with Gasteiger partial charge in [-0.05, 0) is 63.4 Å². The third kappa shape index (κ3) is 3.38. The summed E-state index contributed by atoms with van der Waals surface area (Å²) in [5, 5.41) is 1.24. The van der Waals surface area contributed by atoms with Crippen molar-refractivity contribution in [2.75, 3.05) is 31.6 Å². The standard InChI is InChI=1S/C23H28N4OS/c1-15-16(2)29-23-21(15)22(24-20(25-23)14-26-10-4-5-11-26)27-12-9-18-17(13-27)7-6-8-19(18)28-3/h6-8H,4-5,9-14H2,1-3H3. The van der Waals surface area contributed by atoms with Crippen LogP contribution in [0.15, 0.2) is 18.2 Å². The van der Waals surface area contributed by atoms with Crippen LogP contribution in [0.3, 0.4) is 0 Å². The summed E-state index contributed by atoms with van der Waals surface area (Å²) in [5.41, 5.74) is 4.00. The number of anilines is 1. The molecule has 0 N–H and O–H groups in total. The van der Waals surface area contributed by atoms with Gasteiger partial charge >= 0.3 is 0 Å². The van der Waals surface area contributed by atoms with Gasteiger partial charge < -0.3 is 9.64 Å². The molecule has 1 aromatic carbocycles. The lowest BCUT2D eigenvalue weighted by Crippen LogP contribution is -2.32. The molecule has 0 bridgehead atoms. The van der Waals surface area contributed by atoms with Crippen LogP contribution in [0.2, 0.25) is 0 Å². The van der Waals surface area contributed by atoms with Crippen molar-refractivity contribution in [1.29, 1.82) is 0 Å². The number of fused-ring (bicyclic) bond motifs is 2. The van der Waals surface area contributed by atoms with Gasteiger partial charge in [-0.15, -0.1) is 11.3 Å². The Morgan fingerprint density at radius 1 is 1.10 bits per heavy atom. The molecule has 0 radical (unpaired) electrons. The summed E-state index contributed by atoms with van der Waals surface area (Å²) in [4.78, 5) is 17.5. The van der Waals surface area contributed by atoms with Crippen LogP contribution in [0.4, 0.5) is 5.82 Å². The molecule has 29 heavy (non-hydrogen) atoms. The number of hydrogen-bond acceptors (Lipinski definition) is 6. The zero-order chi connectivity index (χ0) is 20.0. The Bertz CT molecular complexity index is 1050. The topological polar surface area (TPSA) is 41.5 Å². The first-order valence-electron chi connectivity index (χ1n) is 10.5. The molecule has 1 saturated heterocycles. The van der Waals surface area contributed by atoms with Crippen LogP contribution < -0.4 is 9.64 Å².